The van der Waals surface area contributed by atoms with Crippen LogP contribution in [0.2, 0.25) is 0 Å². The van der Waals surface area contributed by atoms with Crippen molar-refractivity contribution in [1.82, 2.24) is 15.1 Å². The van der Waals surface area contributed by atoms with Crippen molar-refractivity contribution in [2.24, 2.45) is 5.92 Å². The lowest BCUT2D eigenvalue weighted by Crippen LogP contribution is -2.48. The maximum Gasteiger partial charge on any atom is 0.236 e. The fraction of sp³-hybridized carbons (Fsp3) is 0.929. The highest BCUT2D eigenvalue weighted by Crippen LogP contribution is 2.20. The predicted molar refractivity (Wildman–Crippen MR) is 97.4 cm³/mol. The summed E-state index contributed by atoms with van der Waals surface area (Å²) in [5.41, 5.74) is 0. The standard InChI is InChI=1S/C14H27N3O3S.2ClH/c1-15-5-2-13-3-6-17(7-4-13)14(18)12-16-8-10-21(19,20)11-9-16;;/h13,15H,2-12H2,1H3;2*1H. The molecule has 0 saturated carbocycles. The molecule has 9 heteroatoms. The Labute approximate surface area is 152 Å². The number of carbonyl (C=O) groups excluding carboxylic acids is 1. The van der Waals surface area contributed by atoms with E-state index in [1.807, 2.05) is 16.8 Å². The van der Waals surface area contributed by atoms with E-state index < -0.39 is 9.84 Å². The van der Waals surface area contributed by atoms with Crippen molar-refractivity contribution in [3.63, 3.8) is 0 Å². The molecule has 6 nitrogen and oxygen atoms in total. The third-order valence-electron chi connectivity index (χ3n) is 4.57. The van der Waals surface area contributed by atoms with Gasteiger partial charge >= 0.3 is 0 Å². The van der Waals surface area contributed by atoms with Crippen molar-refractivity contribution >= 4 is 40.6 Å². The Balaban J connectivity index is 0.00000242. The normalized spacial score (nSPS) is 22.0. The van der Waals surface area contributed by atoms with Crippen molar-refractivity contribution in [2.45, 2.75) is 19.3 Å². The summed E-state index contributed by atoms with van der Waals surface area (Å²) in [7, 11) is -0.895. The molecule has 2 fully saturated rings. The number of carbonyl (C=O) groups is 1. The van der Waals surface area contributed by atoms with E-state index in [9.17, 15) is 13.2 Å². The lowest BCUT2D eigenvalue weighted by atomic mass is 9.93. The molecule has 0 bridgehead atoms. The molecule has 0 unspecified atom stereocenters. The number of sulfone groups is 1. The quantitative estimate of drug-likeness (QED) is 0.737. The van der Waals surface area contributed by atoms with E-state index in [1.54, 1.807) is 0 Å². The van der Waals surface area contributed by atoms with Crippen LogP contribution in [-0.2, 0) is 14.6 Å². The summed E-state index contributed by atoms with van der Waals surface area (Å²) in [6.45, 7) is 4.09. The fourth-order valence-electron chi connectivity index (χ4n) is 3.02. The van der Waals surface area contributed by atoms with Gasteiger partial charge in [0, 0.05) is 26.2 Å². The summed E-state index contributed by atoms with van der Waals surface area (Å²) in [5.74, 6) is 1.25. The Morgan fingerprint density at radius 3 is 2.17 bits per heavy atom. The maximum absolute atomic E-state index is 12.3. The Kier molecular flexibility index (Phi) is 10.7. The van der Waals surface area contributed by atoms with E-state index in [0.717, 1.165) is 38.4 Å². The summed E-state index contributed by atoms with van der Waals surface area (Å²) in [4.78, 5) is 16.2. The van der Waals surface area contributed by atoms with Gasteiger partial charge in [0.15, 0.2) is 9.84 Å². The molecule has 2 heterocycles. The van der Waals surface area contributed by atoms with Gasteiger partial charge in [0.2, 0.25) is 5.91 Å². The second-order valence-corrected chi connectivity index (χ2v) is 8.45. The highest BCUT2D eigenvalue weighted by molar-refractivity contribution is 7.91. The Morgan fingerprint density at radius 2 is 1.65 bits per heavy atom. The number of likely N-dealkylation sites (tertiary alicyclic amines) is 1. The monoisotopic (exact) mass is 389 g/mol. The molecular weight excluding hydrogens is 361 g/mol. The molecule has 2 rings (SSSR count). The van der Waals surface area contributed by atoms with Gasteiger partial charge in [-0.3, -0.25) is 9.69 Å². The van der Waals surface area contributed by atoms with Crippen LogP contribution in [0.3, 0.4) is 0 Å². The van der Waals surface area contributed by atoms with Gasteiger partial charge in [-0.15, -0.1) is 24.8 Å². The van der Waals surface area contributed by atoms with Crippen molar-refractivity contribution < 1.29 is 13.2 Å². The Morgan fingerprint density at radius 1 is 1.09 bits per heavy atom. The van der Waals surface area contributed by atoms with Crippen LogP contribution in [0.25, 0.3) is 0 Å². The van der Waals surface area contributed by atoms with E-state index >= 15 is 0 Å². The van der Waals surface area contributed by atoms with Crippen molar-refractivity contribution in [3.05, 3.63) is 0 Å². The number of nitrogens with one attached hydrogen (secondary N) is 1. The second kappa shape index (κ2) is 10.7. The van der Waals surface area contributed by atoms with Gasteiger partial charge in [0.05, 0.1) is 18.1 Å². The second-order valence-electron chi connectivity index (χ2n) is 6.14. The molecule has 0 aliphatic carbocycles. The molecule has 0 radical (unpaired) electrons. The molecule has 0 spiro atoms. The molecule has 1 amide bonds. The van der Waals surface area contributed by atoms with Crippen molar-refractivity contribution in [1.29, 1.82) is 0 Å². The molecule has 0 atom stereocenters. The Hall–Kier alpha value is -0.0800. The SMILES string of the molecule is CNCCC1CCN(C(=O)CN2CCS(=O)(=O)CC2)CC1.Cl.Cl. The van der Waals surface area contributed by atoms with Gasteiger partial charge in [-0.25, -0.2) is 8.42 Å². The maximum atomic E-state index is 12.3. The van der Waals surface area contributed by atoms with Crippen LogP contribution in [-0.4, -0.2) is 81.9 Å². The lowest BCUT2D eigenvalue weighted by molar-refractivity contribution is -0.133. The number of rotatable bonds is 5. The third-order valence-corrected chi connectivity index (χ3v) is 6.17. The van der Waals surface area contributed by atoms with Crippen LogP contribution in [0, 0.1) is 5.92 Å². The van der Waals surface area contributed by atoms with Crippen molar-refractivity contribution in [3.8, 4) is 0 Å². The van der Waals surface area contributed by atoms with E-state index in [2.05, 4.69) is 5.32 Å². The van der Waals surface area contributed by atoms with Gasteiger partial charge in [-0.2, -0.15) is 0 Å². The molecule has 1 N–H and O–H groups in total. The van der Waals surface area contributed by atoms with Crippen LogP contribution < -0.4 is 5.32 Å². The minimum atomic E-state index is -2.86. The summed E-state index contributed by atoms with van der Waals surface area (Å²) >= 11 is 0. The first-order chi connectivity index (χ1) is 10.00. The van der Waals surface area contributed by atoms with E-state index in [-0.39, 0.29) is 42.2 Å². The van der Waals surface area contributed by atoms with Gasteiger partial charge in [-0.1, -0.05) is 0 Å². The first-order valence-corrected chi connectivity index (χ1v) is 9.67. The van der Waals surface area contributed by atoms with Crippen LogP contribution >= 0.6 is 24.8 Å². The smallest absolute Gasteiger partial charge is 0.236 e. The number of hydrogen-bond acceptors (Lipinski definition) is 5. The Bertz CT molecular complexity index is 440. The summed E-state index contributed by atoms with van der Waals surface area (Å²) in [6, 6.07) is 0. The number of amides is 1. The lowest BCUT2D eigenvalue weighted by Gasteiger charge is -2.34. The first-order valence-electron chi connectivity index (χ1n) is 7.85. The zero-order chi connectivity index (χ0) is 15.3. The highest BCUT2D eigenvalue weighted by Gasteiger charge is 2.27. The van der Waals surface area contributed by atoms with Crippen LogP contribution in [0.5, 0.6) is 0 Å². The molecule has 2 aliphatic rings. The van der Waals surface area contributed by atoms with Gasteiger partial charge in [0.1, 0.15) is 0 Å². The number of halogens is 2. The number of hydrogen-bond donors (Lipinski definition) is 1. The zero-order valence-corrected chi connectivity index (χ0v) is 16.1. The summed E-state index contributed by atoms with van der Waals surface area (Å²) < 4.78 is 22.8. The van der Waals surface area contributed by atoms with E-state index in [0.29, 0.717) is 19.6 Å². The molecular formula is C14H29Cl2N3O3S. The van der Waals surface area contributed by atoms with Crippen molar-refractivity contribution in [2.75, 3.05) is 57.8 Å². The fourth-order valence-corrected chi connectivity index (χ4v) is 4.30. The number of nitrogens with zero attached hydrogens (tertiary/aromatic N) is 2. The topological polar surface area (TPSA) is 69.7 Å². The largest absolute Gasteiger partial charge is 0.342 e. The number of piperidine rings is 1. The minimum absolute atomic E-state index is 0. The molecule has 138 valence electrons. The predicted octanol–water partition coefficient (Wildman–Crippen LogP) is 0.409. The van der Waals surface area contributed by atoms with Gasteiger partial charge in [0.25, 0.3) is 0 Å². The van der Waals surface area contributed by atoms with Gasteiger partial charge in [-0.05, 0) is 38.8 Å². The average molecular weight is 390 g/mol. The third kappa shape index (κ3) is 7.56. The minimum Gasteiger partial charge on any atom is -0.342 e. The van der Waals surface area contributed by atoms with Crippen LogP contribution in [0.4, 0.5) is 0 Å². The zero-order valence-electron chi connectivity index (χ0n) is 13.7. The van der Waals surface area contributed by atoms with Crippen LogP contribution in [0.15, 0.2) is 0 Å². The molecule has 23 heavy (non-hydrogen) atoms. The molecule has 2 aliphatic heterocycles. The molecule has 0 aromatic heterocycles. The molecule has 2 saturated heterocycles. The van der Waals surface area contributed by atoms with Gasteiger partial charge < -0.3 is 10.2 Å². The molecule has 0 aromatic carbocycles. The van der Waals surface area contributed by atoms with E-state index in [1.165, 1.54) is 6.42 Å². The summed E-state index contributed by atoms with van der Waals surface area (Å²) in [6.07, 6.45) is 3.35. The van der Waals surface area contributed by atoms with Crippen LogP contribution in [0.1, 0.15) is 19.3 Å². The summed E-state index contributed by atoms with van der Waals surface area (Å²) in [5, 5.41) is 3.17. The molecule has 0 aromatic rings. The van der Waals surface area contributed by atoms with E-state index in [4.69, 9.17) is 0 Å². The first kappa shape index (κ1) is 22.9. The average Bonchev–Trinajstić information content (AvgIpc) is 2.48. The highest BCUT2D eigenvalue weighted by atomic mass is 35.5.